The first-order valence-electron chi connectivity index (χ1n) is 6.24. The zero-order chi connectivity index (χ0) is 11.8. The Hall–Kier alpha value is -1.00. The molecule has 1 aliphatic heterocycles. The van der Waals surface area contributed by atoms with Crippen molar-refractivity contribution in [1.29, 1.82) is 0 Å². The van der Waals surface area contributed by atoms with Gasteiger partial charge in [0.1, 0.15) is 5.82 Å². The predicted molar refractivity (Wildman–Crippen MR) is 60.7 cm³/mol. The summed E-state index contributed by atoms with van der Waals surface area (Å²) in [6, 6.07) is 0. The second-order valence-corrected chi connectivity index (χ2v) is 5.77. The van der Waals surface area contributed by atoms with Crippen molar-refractivity contribution < 1.29 is 9.47 Å². The van der Waals surface area contributed by atoms with Crippen LogP contribution in [0.15, 0.2) is 6.20 Å². The van der Waals surface area contributed by atoms with Crippen molar-refractivity contribution in [1.82, 2.24) is 9.97 Å². The molecule has 4 atom stereocenters. The van der Waals surface area contributed by atoms with Gasteiger partial charge in [0.2, 0.25) is 0 Å². The lowest BCUT2D eigenvalue weighted by molar-refractivity contribution is -0.153. The van der Waals surface area contributed by atoms with E-state index in [9.17, 15) is 0 Å². The zero-order valence-electron chi connectivity index (χ0n) is 10.3. The maximum Gasteiger partial charge on any atom is 0.163 e. The molecule has 1 saturated heterocycles. The summed E-state index contributed by atoms with van der Waals surface area (Å²) in [5, 5.41) is 0. The summed E-state index contributed by atoms with van der Waals surface area (Å²) in [4.78, 5) is 8.91. The molecule has 0 spiro atoms. The van der Waals surface area contributed by atoms with E-state index in [1.807, 2.05) is 27.0 Å². The topological polar surface area (TPSA) is 44.2 Å². The van der Waals surface area contributed by atoms with E-state index >= 15 is 0 Å². The molecule has 0 amide bonds. The number of ether oxygens (including phenoxy) is 2. The lowest BCUT2D eigenvalue weighted by Crippen LogP contribution is -2.29. The third kappa shape index (κ3) is 1.20. The first-order chi connectivity index (χ1) is 8.05. The van der Waals surface area contributed by atoms with Gasteiger partial charge in [0, 0.05) is 18.0 Å². The maximum atomic E-state index is 6.02. The molecule has 2 heterocycles. The number of nitrogens with zero attached hydrogens (tertiary/aromatic N) is 2. The van der Waals surface area contributed by atoms with Gasteiger partial charge >= 0.3 is 0 Å². The summed E-state index contributed by atoms with van der Waals surface area (Å²) in [7, 11) is 0. The molecule has 0 N–H and O–H groups in total. The van der Waals surface area contributed by atoms with Gasteiger partial charge in [-0.2, -0.15) is 0 Å². The molecule has 3 aliphatic rings. The third-order valence-corrected chi connectivity index (χ3v) is 4.18. The molecule has 0 aromatic carbocycles. The molecule has 1 aromatic heterocycles. The summed E-state index contributed by atoms with van der Waals surface area (Å²) < 4.78 is 12.0. The highest BCUT2D eigenvalue weighted by atomic mass is 16.8. The summed E-state index contributed by atoms with van der Waals surface area (Å²) in [5.41, 5.74) is 2.48. The first kappa shape index (κ1) is 9.97. The second kappa shape index (κ2) is 2.87. The Morgan fingerprint density at radius 2 is 1.94 bits per heavy atom. The molecule has 1 aromatic rings. The van der Waals surface area contributed by atoms with Crippen LogP contribution in [-0.2, 0) is 9.47 Å². The van der Waals surface area contributed by atoms with Crippen LogP contribution in [0, 0.1) is 6.92 Å². The molecule has 90 valence electrons. The van der Waals surface area contributed by atoms with E-state index in [0.717, 1.165) is 12.2 Å². The fourth-order valence-electron chi connectivity index (χ4n) is 3.63. The van der Waals surface area contributed by atoms with Crippen LogP contribution in [-0.4, -0.2) is 28.0 Å². The minimum absolute atomic E-state index is 0.191. The number of aryl methyl sites for hydroxylation is 1. The fourth-order valence-corrected chi connectivity index (χ4v) is 3.63. The highest BCUT2D eigenvalue weighted by Crippen LogP contribution is 2.58. The molecule has 2 fully saturated rings. The van der Waals surface area contributed by atoms with Crippen molar-refractivity contribution in [2.24, 2.45) is 0 Å². The van der Waals surface area contributed by atoms with E-state index in [-0.39, 0.29) is 12.2 Å². The summed E-state index contributed by atoms with van der Waals surface area (Å²) >= 11 is 0. The molecular formula is C13H16N2O2. The Balaban J connectivity index is 1.80. The van der Waals surface area contributed by atoms with Crippen molar-refractivity contribution >= 4 is 0 Å². The Labute approximate surface area is 100 Å². The SMILES string of the molecule is Cc1ncc2c(n1)[C@H]1C[C@@H]2[C@@H]2OC(C)(C)O[C@@H]21. The van der Waals surface area contributed by atoms with Crippen LogP contribution in [0.25, 0.3) is 0 Å². The Kier molecular flexibility index (Phi) is 1.68. The van der Waals surface area contributed by atoms with Crippen molar-refractivity contribution in [2.45, 2.75) is 57.0 Å². The van der Waals surface area contributed by atoms with E-state index in [0.29, 0.717) is 11.8 Å². The zero-order valence-corrected chi connectivity index (χ0v) is 10.3. The number of aromatic nitrogens is 2. The van der Waals surface area contributed by atoms with Crippen LogP contribution < -0.4 is 0 Å². The summed E-state index contributed by atoms with van der Waals surface area (Å²) in [5.74, 6) is 1.24. The Bertz CT molecular complexity index is 500. The highest BCUT2D eigenvalue weighted by molar-refractivity contribution is 5.39. The number of fused-ring (bicyclic) bond motifs is 8. The van der Waals surface area contributed by atoms with Gasteiger partial charge in [0.05, 0.1) is 17.9 Å². The monoisotopic (exact) mass is 232 g/mol. The quantitative estimate of drug-likeness (QED) is 0.685. The number of rotatable bonds is 0. The standard InChI is InChI=1S/C13H16N2O2/c1-6-14-5-9-7-4-8(10(9)15-6)12-11(7)16-13(2,3)17-12/h5,7-8,11-12H,4H2,1-3H3/t7-,8+,11-,12+/m0/s1. The Morgan fingerprint density at radius 3 is 2.71 bits per heavy atom. The van der Waals surface area contributed by atoms with Crippen molar-refractivity contribution in [3.05, 3.63) is 23.3 Å². The van der Waals surface area contributed by atoms with Gasteiger partial charge in [-0.3, -0.25) is 0 Å². The van der Waals surface area contributed by atoms with E-state index in [1.54, 1.807) is 0 Å². The molecular weight excluding hydrogens is 216 g/mol. The van der Waals surface area contributed by atoms with E-state index in [2.05, 4.69) is 9.97 Å². The van der Waals surface area contributed by atoms with Gasteiger partial charge in [-0.15, -0.1) is 0 Å². The van der Waals surface area contributed by atoms with Crippen LogP contribution in [0.3, 0.4) is 0 Å². The average molecular weight is 232 g/mol. The van der Waals surface area contributed by atoms with Gasteiger partial charge in [0.15, 0.2) is 5.79 Å². The maximum absolute atomic E-state index is 6.02. The first-order valence-corrected chi connectivity index (χ1v) is 6.24. The van der Waals surface area contributed by atoms with E-state index in [4.69, 9.17) is 9.47 Å². The van der Waals surface area contributed by atoms with Crippen LogP contribution in [0.5, 0.6) is 0 Å². The molecule has 0 unspecified atom stereocenters. The number of hydrogen-bond donors (Lipinski definition) is 0. The third-order valence-electron chi connectivity index (χ3n) is 4.18. The molecule has 1 saturated carbocycles. The molecule has 4 nitrogen and oxygen atoms in total. The summed E-state index contributed by atoms with van der Waals surface area (Å²) in [6.07, 6.45) is 3.48. The average Bonchev–Trinajstić information content (AvgIpc) is 2.83. The summed E-state index contributed by atoms with van der Waals surface area (Å²) in [6.45, 7) is 5.93. The molecule has 2 aliphatic carbocycles. The minimum Gasteiger partial charge on any atom is -0.344 e. The molecule has 0 radical (unpaired) electrons. The van der Waals surface area contributed by atoms with Crippen LogP contribution >= 0.6 is 0 Å². The predicted octanol–water partition coefficient (Wildman–Crippen LogP) is 1.89. The van der Waals surface area contributed by atoms with Gasteiger partial charge in [-0.1, -0.05) is 0 Å². The van der Waals surface area contributed by atoms with Crippen LogP contribution in [0.2, 0.25) is 0 Å². The van der Waals surface area contributed by atoms with Crippen molar-refractivity contribution in [3.8, 4) is 0 Å². The fraction of sp³-hybridized carbons (Fsp3) is 0.692. The van der Waals surface area contributed by atoms with Crippen molar-refractivity contribution in [2.75, 3.05) is 0 Å². The smallest absolute Gasteiger partial charge is 0.163 e. The van der Waals surface area contributed by atoms with Crippen molar-refractivity contribution in [3.63, 3.8) is 0 Å². The largest absolute Gasteiger partial charge is 0.344 e. The minimum atomic E-state index is -0.448. The number of hydrogen-bond acceptors (Lipinski definition) is 4. The molecule has 4 heteroatoms. The molecule has 4 rings (SSSR count). The van der Waals surface area contributed by atoms with Gasteiger partial charge in [-0.25, -0.2) is 9.97 Å². The molecule has 17 heavy (non-hydrogen) atoms. The van der Waals surface area contributed by atoms with Crippen LogP contribution in [0.1, 0.15) is 49.2 Å². The Morgan fingerprint density at radius 1 is 1.24 bits per heavy atom. The van der Waals surface area contributed by atoms with E-state index < -0.39 is 5.79 Å². The van der Waals surface area contributed by atoms with Gasteiger partial charge in [-0.05, 0) is 32.8 Å². The highest BCUT2D eigenvalue weighted by Gasteiger charge is 2.59. The molecule has 2 bridgehead atoms. The van der Waals surface area contributed by atoms with Gasteiger partial charge in [0.25, 0.3) is 0 Å². The normalized spacial score (nSPS) is 40.4. The lowest BCUT2D eigenvalue weighted by Gasteiger charge is -2.23. The van der Waals surface area contributed by atoms with E-state index in [1.165, 1.54) is 11.3 Å². The second-order valence-electron chi connectivity index (χ2n) is 5.77. The van der Waals surface area contributed by atoms with Crippen LogP contribution in [0.4, 0.5) is 0 Å². The van der Waals surface area contributed by atoms with Gasteiger partial charge < -0.3 is 9.47 Å². The lowest BCUT2D eigenvalue weighted by atomic mass is 9.92.